The third-order valence-corrected chi connectivity index (χ3v) is 4.15. The minimum Gasteiger partial charge on any atom is -0.485 e. The molecule has 1 aromatic carbocycles. The second kappa shape index (κ2) is 7.66. The quantitative estimate of drug-likeness (QED) is 0.673. The van der Waals surface area contributed by atoms with E-state index < -0.39 is 5.97 Å². The van der Waals surface area contributed by atoms with Crippen molar-refractivity contribution in [2.45, 2.75) is 20.1 Å². The molecule has 0 radical (unpaired) electrons. The van der Waals surface area contributed by atoms with E-state index in [-0.39, 0.29) is 16.9 Å². The van der Waals surface area contributed by atoms with Crippen LogP contribution in [0.1, 0.15) is 28.7 Å². The number of nitriles is 1. The Kier molecular flexibility index (Phi) is 5.13. The molecule has 2 aromatic heterocycles. The highest BCUT2D eigenvalue weighted by Crippen LogP contribution is 2.30. The predicted molar refractivity (Wildman–Crippen MR) is 98.5 cm³/mol. The van der Waals surface area contributed by atoms with Crippen LogP contribution in [0.2, 0.25) is 0 Å². The lowest BCUT2D eigenvalue weighted by Crippen LogP contribution is -2.12. The number of rotatable bonds is 6. The second-order valence-corrected chi connectivity index (χ2v) is 5.67. The van der Waals surface area contributed by atoms with Crippen molar-refractivity contribution in [3.63, 3.8) is 0 Å². The maximum absolute atomic E-state index is 12.2. The van der Waals surface area contributed by atoms with Crippen LogP contribution in [0.5, 0.6) is 5.75 Å². The van der Waals surface area contributed by atoms with Gasteiger partial charge in [-0.2, -0.15) is 10.4 Å². The molecule has 0 atom stereocenters. The summed E-state index contributed by atoms with van der Waals surface area (Å²) in [4.78, 5) is 12.2. The molecule has 3 rings (SSSR count). The van der Waals surface area contributed by atoms with Gasteiger partial charge in [-0.15, -0.1) is 0 Å². The first-order valence-corrected chi connectivity index (χ1v) is 8.32. The average molecular weight is 365 g/mol. The number of aryl methyl sites for hydroxylation is 1. The van der Waals surface area contributed by atoms with Crippen LogP contribution in [0.15, 0.2) is 42.7 Å². The van der Waals surface area contributed by atoms with Crippen LogP contribution in [0.25, 0.3) is 5.69 Å². The normalized spacial score (nSPS) is 10.4. The third-order valence-electron chi connectivity index (χ3n) is 4.15. The Hall–Kier alpha value is -3.73. The van der Waals surface area contributed by atoms with Crippen LogP contribution >= 0.6 is 0 Å². The number of nitrogen functional groups attached to an aromatic ring is 1. The second-order valence-electron chi connectivity index (χ2n) is 5.67. The number of aromatic nitrogens is 3. The maximum atomic E-state index is 12.2. The lowest BCUT2D eigenvalue weighted by molar-refractivity contribution is 0.0593. The lowest BCUT2D eigenvalue weighted by atomic mass is 10.2. The number of ether oxygens (including phenoxy) is 2. The van der Waals surface area contributed by atoms with Crippen molar-refractivity contribution in [1.82, 2.24) is 14.3 Å². The molecule has 0 spiro atoms. The summed E-state index contributed by atoms with van der Waals surface area (Å²) in [6.45, 7) is 3.04. The molecule has 3 aromatic rings. The number of para-hydroxylation sites is 2. The van der Waals surface area contributed by atoms with Gasteiger partial charge in [0.2, 0.25) is 0 Å². The SMILES string of the molecule is CCn1nccc1COc1ccccc1-n1cc(C#N)c(N)c1C(=O)OC. The largest absolute Gasteiger partial charge is 0.485 e. The van der Waals surface area contributed by atoms with Gasteiger partial charge in [-0.05, 0) is 25.1 Å². The van der Waals surface area contributed by atoms with Crippen molar-refractivity contribution < 1.29 is 14.3 Å². The van der Waals surface area contributed by atoms with Crippen LogP contribution in [0.4, 0.5) is 5.69 Å². The monoisotopic (exact) mass is 365 g/mol. The average Bonchev–Trinajstić information content (AvgIpc) is 3.29. The Morgan fingerprint density at radius 2 is 2.11 bits per heavy atom. The number of hydrogen-bond acceptors (Lipinski definition) is 6. The van der Waals surface area contributed by atoms with E-state index in [1.54, 1.807) is 18.3 Å². The van der Waals surface area contributed by atoms with E-state index in [9.17, 15) is 10.1 Å². The van der Waals surface area contributed by atoms with Crippen LogP contribution in [0, 0.1) is 11.3 Å². The fourth-order valence-electron chi connectivity index (χ4n) is 2.80. The molecule has 0 bridgehead atoms. The number of methoxy groups -OCH3 is 1. The summed E-state index contributed by atoms with van der Waals surface area (Å²) in [5.74, 6) is -0.0983. The van der Waals surface area contributed by atoms with E-state index >= 15 is 0 Å². The summed E-state index contributed by atoms with van der Waals surface area (Å²) in [6.07, 6.45) is 3.22. The van der Waals surface area contributed by atoms with Gasteiger partial charge < -0.3 is 19.8 Å². The van der Waals surface area contributed by atoms with E-state index in [1.165, 1.54) is 17.9 Å². The van der Waals surface area contributed by atoms with E-state index in [4.69, 9.17) is 15.2 Å². The topological polar surface area (TPSA) is 108 Å². The minimum absolute atomic E-state index is 0.0724. The molecule has 0 aliphatic heterocycles. The molecule has 0 saturated heterocycles. The standard InChI is InChI=1S/C19H19N5O3/c1-3-24-14(8-9-22-24)12-27-16-7-5-4-6-15(16)23-11-13(10-20)17(21)18(23)19(25)26-2/h4-9,11H,3,12,21H2,1-2H3. The molecular formula is C19H19N5O3. The molecule has 27 heavy (non-hydrogen) atoms. The van der Waals surface area contributed by atoms with Crippen molar-refractivity contribution >= 4 is 11.7 Å². The van der Waals surface area contributed by atoms with E-state index in [1.807, 2.05) is 35.9 Å². The van der Waals surface area contributed by atoms with E-state index in [0.717, 1.165) is 12.2 Å². The fourth-order valence-corrected chi connectivity index (χ4v) is 2.80. The first kappa shape index (κ1) is 18.1. The predicted octanol–water partition coefficient (Wildman–Crippen LogP) is 2.51. The van der Waals surface area contributed by atoms with Crippen LogP contribution in [0.3, 0.4) is 0 Å². The van der Waals surface area contributed by atoms with Crippen LogP contribution < -0.4 is 10.5 Å². The Morgan fingerprint density at radius 1 is 1.33 bits per heavy atom. The van der Waals surface area contributed by atoms with Gasteiger partial charge in [0.1, 0.15) is 18.4 Å². The van der Waals surface area contributed by atoms with Gasteiger partial charge in [0, 0.05) is 18.9 Å². The lowest BCUT2D eigenvalue weighted by Gasteiger charge is -2.14. The zero-order valence-electron chi connectivity index (χ0n) is 15.0. The highest BCUT2D eigenvalue weighted by molar-refractivity contribution is 5.96. The van der Waals surface area contributed by atoms with E-state index in [0.29, 0.717) is 18.0 Å². The molecule has 138 valence electrons. The Balaban J connectivity index is 2.02. The highest BCUT2D eigenvalue weighted by atomic mass is 16.5. The van der Waals surface area contributed by atoms with Crippen molar-refractivity contribution in [3.8, 4) is 17.5 Å². The number of carbonyl (C=O) groups excluding carboxylic acids is 1. The van der Waals surface area contributed by atoms with Gasteiger partial charge in [0.15, 0.2) is 5.69 Å². The molecular weight excluding hydrogens is 346 g/mol. The maximum Gasteiger partial charge on any atom is 0.357 e. The summed E-state index contributed by atoms with van der Waals surface area (Å²) in [5.41, 5.74) is 7.82. The van der Waals surface area contributed by atoms with Crippen LogP contribution in [-0.4, -0.2) is 27.4 Å². The summed E-state index contributed by atoms with van der Waals surface area (Å²) in [6, 6.07) is 11.1. The number of hydrogen-bond donors (Lipinski definition) is 1. The fraction of sp³-hybridized carbons (Fsp3) is 0.211. The van der Waals surface area contributed by atoms with Crippen molar-refractivity contribution in [2.24, 2.45) is 0 Å². The van der Waals surface area contributed by atoms with Gasteiger partial charge in [-0.3, -0.25) is 4.68 Å². The Morgan fingerprint density at radius 3 is 2.81 bits per heavy atom. The summed E-state index contributed by atoms with van der Waals surface area (Å²) < 4.78 is 14.2. The summed E-state index contributed by atoms with van der Waals surface area (Å²) in [7, 11) is 1.26. The molecule has 8 heteroatoms. The Bertz CT molecular complexity index is 1010. The number of anilines is 1. The molecule has 0 saturated carbocycles. The molecule has 0 aliphatic carbocycles. The van der Waals surface area contributed by atoms with E-state index in [2.05, 4.69) is 5.10 Å². The van der Waals surface area contributed by atoms with Gasteiger partial charge in [-0.25, -0.2) is 4.79 Å². The summed E-state index contributed by atoms with van der Waals surface area (Å²) in [5, 5.41) is 13.5. The number of carbonyl (C=O) groups is 1. The van der Waals surface area contributed by atoms with Gasteiger partial charge in [0.25, 0.3) is 0 Å². The smallest absolute Gasteiger partial charge is 0.357 e. The summed E-state index contributed by atoms with van der Waals surface area (Å²) >= 11 is 0. The van der Waals surface area contributed by atoms with Crippen molar-refractivity contribution in [3.05, 3.63) is 59.7 Å². The molecule has 2 heterocycles. The molecule has 0 aliphatic rings. The molecule has 2 N–H and O–H groups in total. The van der Waals surface area contributed by atoms with Crippen molar-refractivity contribution in [1.29, 1.82) is 5.26 Å². The van der Waals surface area contributed by atoms with Gasteiger partial charge >= 0.3 is 5.97 Å². The molecule has 8 nitrogen and oxygen atoms in total. The molecule has 0 fully saturated rings. The molecule has 0 unspecified atom stereocenters. The van der Waals surface area contributed by atoms with Crippen molar-refractivity contribution in [2.75, 3.05) is 12.8 Å². The number of nitrogens with zero attached hydrogens (tertiary/aromatic N) is 4. The third kappa shape index (κ3) is 3.35. The zero-order chi connectivity index (χ0) is 19.4. The number of esters is 1. The zero-order valence-corrected chi connectivity index (χ0v) is 15.0. The van der Waals surface area contributed by atoms with Gasteiger partial charge in [-0.1, -0.05) is 12.1 Å². The van der Waals surface area contributed by atoms with Crippen LogP contribution in [-0.2, 0) is 17.9 Å². The first-order chi connectivity index (χ1) is 13.1. The Labute approximate surface area is 156 Å². The molecule has 0 amide bonds. The minimum atomic E-state index is -0.632. The number of nitrogens with two attached hydrogens (primary N) is 1. The first-order valence-electron chi connectivity index (χ1n) is 8.32. The van der Waals surface area contributed by atoms with Gasteiger partial charge in [0.05, 0.1) is 29.7 Å². The number of benzene rings is 1. The highest BCUT2D eigenvalue weighted by Gasteiger charge is 2.23.